The molecule has 1 aromatic rings. The van der Waals surface area contributed by atoms with Gasteiger partial charge in [0.25, 0.3) is 0 Å². The summed E-state index contributed by atoms with van der Waals surface area (Å²) >= 11 is 1.46. The van der Waals surface area contributed by atoms with E-state index in [1.165, 1.54) is 11.3 Å². The van der Waals surface area contributed by atoms with Gasteiger partial charge in [0.15, 0.2) is 10.8 Å². The Labute approximate surface area is 118 Å². The summed E-state index contributed by atoms with van der Waals surface area (Å²) in [6.07, 6.45) is 1.01. The topological polar surface area (TPSA) is 51.7 Å². The van der Waals surface area contributed by atoms with Crippen LogP contribution >= 0.6 is 11.3 Å². The summed E-state index contributed by atoms with van der Waals surface area (Å²) < 4.78 is 10.1. The van der Waals surface area contributed by atoms with Gasteiger partial charge in [0.2, 0.25) is 0 Å². The third-order valence-corrected chi connectivity index (χ3v) is 3.76. The number of carbonyl (C=O) groups is 1. The highest BCUT2D eigenvalue weighted by Crippen LogP contribution is 2.23. The number of anilines is 1. The molecule has 0 N–H and O–H groups in total. The molecule has 1 rings (SSSR count). The Kier molecular flexibility index (Phi) is 6.80. The molecule has 0 amide bonds. The smallest absolute Gasteiger partial charge is 0.357 e. The average Bonchev–Trinajstić information content (AvgIpc) is 2.88. The van der Waals surface area contributed by atoms with E-state index < -0.39 is 0 Å². The molecule has 0 aliphatic heterocycles. The number of carbonyl (C=O) groups excluding carboxylic acids is 1. The highest BCUT2D eigenvalue weighted by molar-refractivity contribution is 7.13. The van der Waals surface area contributed by atoms with Crippen LogP contribution in [0.3, 0.4) is 0 Å². The minimum absolute atomic E-state index is 0.358. The molecule has 0 saturated heterocycles. The number of hydrogen-bond donors (Lipinski definition) is 0. The van der Waals surface area contributed by atoms with Gasteiger partial charge in [-0.2, -0.15) is 0 Å². The molecule has 108 valence electrons. The van der Waals surface area contributed by atoms with Crippen molar-refractivity contribution in [1.82, 2.24) is 4.98 Å². The fourth-order valence-corrected chi connectivity index (χ4v) is 2.53. The van der Waals surface area contributed by atoms with Crippen LogP contribution in [0.5, 0.6) is 0 Å². The third kappa shape index (κ3) is 4.47. The molecule has 0 radical (unpaired) electrons. The van der Waals surface area contributed by atoms with Crippen molar-refractivity contribution in [3.8, 4) is 0 Å². The highest BCUT2D eigenvalue weighted by Gasteiger charge is 2.19. The van der Waals surface area contributed by atoms with Crippen molar-refractivity contribution in [2.75, 3.05) is 31.8 Å². The maximum atomic E-state index is 11.6. The van der Waals surface area contributed by atoms with E-state index in [2.05, 4.69) is 23.7 Å². The van der Waals surface area contributed by atoms with Crippen LogP contribution in [-0.4, -0.2) is 43.9 Å². The van der Waals surface area contributed by atoms with E-state index in [4.69, 9.17) is 9.47 Å². The fraction of sp³-hybridized carbons (Fsp3) is 0.692. The van der Waals surface area contributed by atoms with Gasteiger partial charge in [-0.1, -0.05) is 6.92 Å². The van der Waals surface area contributed by atoms with E-state index in [1.807, 2.05) is 0 Å². The van der Waals surface area contributed by atoms with Gasteiger partial charge in [-0.25, -0.2) is 9.78 Å². The summed E-state index contributed by atoms with van der Waals surface area (Å²) in [6.45, 7) is 7.82. The van der Waals surface area contributed by atoms with E-state index in [1.54, 1.807) is 19.4 Å². The number of nitrogens with zero attached hydrogens (tertiary/aromatic N) is 2. The second-order valence-electron chi connectivity index (χ2n) is 4.18. The first-order valence-electron chi connectivity index (χ1n) is 6.52. The molecule has 0 fully saturated rings. The number of esters is 1. The van der Waals surface area contributed by atoms with Crippen LogP contribution in [0, 0.1) is 0 Å². The average molecular weight is 286 g/mol. The summed E-state index contributed by atoms with van der Waals surface area (Å²) in [5.41, 5.74) is 0.382. The van der Waals surface area contributed by atoms with Crippen molar-refractivity contribution in [3.63, 3.8) is 0 Å². The Bertz CT molecular complexity index is 395. The quantitative estimate of drug-likeness (QED) is 0.687. The normalized spacial score (nSPS) is 12.2. The van der Waals surface area contributed by atoms with Gasteiger partial charge in [-0.3, -0.25) is 0 Å². The maximum absolute atomic E-state index is 11.6. The third-order valence-electron chi connectivity index (χ3n) is 2.88. The number of hydrogen-bond acceptors (Lipinski definition) is 6. The molecule has 6 heteroatoms. The van der Waals surface area contributed by atoms with E-state index in [-0.39, 0.29) is 5.97 Å². The largest absolute Gasteiger partial charge is 0.461 e. The minimum atomic E-state index is -0.360. The first kappa shape index (κ1) is 15.9. The second-order valence-corrected chi connectivity index (χ2v) is 5.02. The predicted molar refractivity (Wildman–Crippen MR) is 77.0 cm³/mol. The van der Waals surface area contributed by atoms with Gasteiger partial charge in [0, 0.05) is 25.1 Å². The Morgan fingerprint density at radius 1 is 1.53 bits per heavy atom. The highest BCUT2D eigenvalue weighted by atomic mass is 32.1. The fourth-order valence-electron chi connectivity index (χ4n) is 1.61. The molecule has 1 atom stereocenters. The number of methoxy groups -OCH3 is 1. The molecule has 0 spiro atoms. The van der Waals surface area contributed by atoms with Crippen LogP contribution in [0.15, 0.2) is 5.38 Å². The van der Waals surface area contributed by atoms with Gasteiger partial charge < -0.3 is 14.4 Å². The zero-order valence-electron chi connectivity index (χ0n) is 12.0. The zero-order chi connectivity index (χ0) is 14.3. The lowest BCUT2D eigenvalue weighted by molar-refractivity contribution is 0.0520. The van der Waals surface area contributed by atoms with Gasteiger partial charge in [-0.05, 0) is 20.3 Å². The standard InChI is InChI=1S/C13H22N2O3S/c1-5-10(3)15(7-8-17-4)13-14-11(9-19-13)12(16)18-6-2/h9-10H,5-8H2,1-4H3. The van der Waals surface area contributed by atoms with Crippen LogP contribution in [0.2, 0.25) is 0 Å². The molecule has 0 aromatic carbocycles. The molecule has 1 aromatic heterocycles. The Morgan fingerprint density at radius 3 is 2.84 bits per heavy atom. The predicted octanol–water partition coefficient (Wildman–Crippen LogP) is 2.57. The Morgan fingerprint density at radius 2 is 2.26 bits per heavy atom. The van der Waals surface area contributed by atoms with Crippen LogP contribution in [-0.2, 0) is 9.47 Å². The molecule has 0 aliphatic carbocycles. The molecule has 19 heavy (non-hydrogen) atoms. The minimum Gasteiger partial charge on any atom is -0.461 e. The van der Waals surface area contributed by atoms with Crippen LogP contribution in [0.25, 0.3) is 0 Å². The molecule has 0 bridgehead atoms. The van der Waals surface area contributed by atoms with Crippen molar-refractivity contribution >= 4 is 22.4 Å². The molecule has 5 nitrogen and oxygen atoms in total. The lowest BCUT2D eigenvalue weighted by Gasteiger charge is -2.27. The van der Waals surface area contributed by atoms with Crippen LogP contribution in [0.4, 0.5) is 5.13 Å². The molecule has 0 aliphatic rings. The van der Waals surface area contributed by atoms with Crippen molar-refractivity contribution in [2.45, 2.75) is 33.2 Å². The van der Waals surface area contributed by atoms with Gasteiger partial charge in [-0.15, -0.1) is 11.3 Å². The van der Waals surface area contributed by atoms with E-state index in [0.29, 0.717) is 24.9 Å². The van der Waals surface area contributed by atoms with Gasteiger partial charge >= 0.3 is 5.97 Å². The molecule has 1 heterocycles. The summed E-state index contributed by atoms with van der Waals surface area (Å²) in [5, 5.41) is 2.59. The monoisotopic (exact) mass is 286 g/mol. The van der Waals surface area contributed by atoms with Crippen molar-refractivity contribution in [1.29, 1.82) is 0 Å². The first-order valence-corrected chi connectivity index (χ1v) is 7.40. The van der Waals surface area contributed by atoms with Crippen LogP contribution < -0.4 is 4.90 Å². The lowest BCUT2D eigenvalue weighted by atomic mass is 10.2. The van der Waals surface area contributed by atoms with E-state index in [0.717, 1.165) is 18.1 Å². The second kappa shape index (κ2) is 8.12. The molecular formula is C13H22N2O3S. The molecule has 0 saturated carbocycles. The summed E-state index contributed by atoms with van der Waals surface area (Å²) in [7, 11) is 1.68. The van der Waals surface area contributed by atoms with Crippen molar-refractivity contribution in [2.24, 2.45) is 0 Å². The summed E-state index contributed by atoms with van der Waals surface area (Å²) in [5.74, 6) is -0.360. The van der Waals surface area contributed by atoms with Gasteiger partial charge in [0.1, 0.15) is 0 Å². The molecule has 1 unspecified atom stereocenters. The maximum Gasteiger partial charge on any atom is 0.357 e. The van der Waals surface area contributed by atoms with E-state index in [9.17, 15) is 4.79 Å². The summed E-state index contributed by atoms with van der Waals surface area (Å²) in [6, 6.07) is 0.358. The number of ether oxygens (including phenoxy) is 2. The number of thiazole rings is 1. The van der Waals surface area contributed by atoms with Gasteiger partial charge in [0.05, 0.1) is 13.2 Å². The SMILES string of the molecule is CCOC(=O)c1csc(N(CCOC)C(C)CC)n1. The summed E-state index contributed by atoms with van der Waals surface area (Å²) in [4.78, 5) is 18.1. The van der Waals surface area contributed by atoms with E-state index >= 15 is 0 Å². The lowest BCUT2D eigenvalue weighted by Crippen LogP contribution is -2.35. The zero-order valence-corrected chi connectivity index (χ0v) is 12.8. The van der Waals surface area contributed by atoms with Crippen molar-refractivity contribution in [3.05, 3.63) is 11.1 Å². The Balaban J connectivity index is 2.81. The number of rotatable bonds is 8. The van der Waals surface area contributed by atoms with Crippen LogP contribution in [0.1, 0.15) is 37.7 Å². The Hall–Kier alpha value is -1.14. The number of aromatic nitrogens is 1. The van der Waals surface area contributed by atoms with Crippen molar-refractivity contribution < 1.29 is 14.3 Å². The first-order chi connectivity index (χ1) is 9.13. The molecular weight excluding hydrogens is 264 g/mol.